The maximum atomic E-state index is 4.15. The van der Waals surface area contributed by atoms with Crippen LogP contribution in [-0.2, 0) is 0 Å². The third kappa shape index (κ3) is 0.884. The third-order valence-electron chi connectivity index (χ3n) is 0.888. The van der Waals surface area contributed by atoms with Crippen molar-refractivity contribution in [3.8, 4) is 0 Å². The minimum absolute atomic E-state index is 0.435. The van der Waals surface area contributed by atoms with E-state index in [0.29, 0.717) is 5.37 Å². The molecule has 0 aromatic carbocycles. The zero-order chi connectivity index (χ0) is 4.41. The van der Waals surface area contributed by atoms with Crippen molar-refractivity contribution >= 4 is 12.6 Å². The minimum atomic E-state index is 0.435. The van der Waals surface area contributed by atoms with Crippen molar-refractivity contribution in [2.45, 2.75) is 11.8 Å². The van der Waals surface area contributed by atoms with Crippen LogP contribution < -0.4 is 5.32 Å². The summed E-state index contributed by atoms with van der Waals surface area (Å²) in [6, 6.07) is 0. The van der Waals surface area contributed by atoms with Gasteiger partial charge < -0.3 is 5.32 Å². The summed E-state index contributed by atoms with van der Waals surface area (Å²) in [5.41, 5.74) is 0. The van der Waals surface area contributed by atoms with Gasteiger partial charge in [0, 0.05) is 0 Å². The van der Waals surface area contributed by atoms with Gasteiger partial charge in [0.2, 0.25) is 0 Å². The second-order valence-electron chi connectivity index (χ2n) is 1.45. The van der Waals surface area contributed by atoms with Crippen LogP contribution in [0.15, 0.2) is 0 Å². The lowest BCUT2D eigenvalue weighted by Gasteiger charge is -1.94. The molecule has 1 unspecified atom stereocenters. The van der Waals surface area contributed by atoms with E-state index < -0.39 is 0 Å². The summed E-state index contributed by atoms with van der Waals surface area (Å²) >= 11 is 4.15. The van der Waals surface area contributed by atoms with E-state index >= 15 is 0 Å². The Morgan fingerprint density at radius 3 is 2.83 bits per heavy atom. The Morgan fingerprint density at radius 2 is 2.67 bits per heavy atom. The molecule has 1 saturated heterocycles. The molecule has 1 heterocycles. The molecule has 0 aliphatic carbocycles. The molecule has 0 bridgehead atoms. The molecule has 0 amide bonds. The van der Waals surface area contributed by atoms with Crippen LogP contribution in [0.5, 0.6) is 0 Å². The fourth-order valence-corrected chi connectivity index (χ4v) is 0.798. The molecule has 6 heavy (non-hydrogen) atoms. The van der Waals surface area contributed by atoms with Crippen molar-refractivity contribution in [2.75, 3.05) is 6.54 Å². The molecule has 0 saturated carbocycles. The van der Waals surface area contributed by atoms with Crippen molar-refractivity contribution in [3.63, 3.8) is 0 Å². The van der Waals surface area contributed by atoms with Crippen LogP contribution in [0.3, 0.4) is 0 Å². The monoisotopic (exact) mass is 102 g/mol. The quantitative estimate of drug-likeness (QED) is 0.423. The van der Waals surface area contributed by atoms with E-state index in [-0.39, 0.29) is 0 Å². The van der Waals surface area contributed by atoms with Crippen molar-refractivity contribution < 1.29 is 0 Å². The normalized spacial score (nSPS) is 34.5. The van der Waals surface area contributed by atoms with Gasteiger partial charge in [0.05, 0.1) is 5.37 Å². The van der Waals surface area contributed by atoms with E-state index in [9.17, 15) is 0 Å². The lowest BCUT2D eigenvalue weighted by atomic mass is 10.4. The summed E-state index contributed by atoms with van der Waals surface area (Å²) in [7, 11) is 0. The highest BCUT2D eigenvalue weighted by Gasteiger charge is 2.06. The molecule has 1 aliphatic heterocycles. The standard InChI is InChI=1S/C4H8NS/c6-4-2-1-3-5-4/h1,4-6H,2-3H2. The highest BCUT2D eigenvalue weighted by molar-refractivity contribution is 7.80. The van der Waals surface area contributed by atoms with Crippen LogP contribution in [-0.4, -0.2) is 11.9 Å². The minimum Gasteiger partial charge on any atom is -0.305 e. The molecule has 0 aromatic heterocycles. The average molecular weight is 102 g/mol. The highest BCUT2D eigenvalue weighted by Crippen LogP contribution is 2.05. The van der Waals surface area contributed by atoms with Crippen molar-refractivity contribution in [1.82, 2.24) is 5.32 Å². The molecule has 0 spiro atoms. The number of nitrogens with one attached hydrogen (secondary N) is 1. The van der Waals surface area contributed by atoms with Gasteiger partial charge in [-0.25, -0.2) is 0 Å². The van der Waals surface area contributed by atoms with Gasteiger partial charge in [0.1, 0.15) is 0 Å². The molecule has 0 aromatic rings. The molecular weight excluding hydrogens is 94.1 g/mol. The Balaban J connectivity index is 2.18. The number of thiol groups is 1. The zero-order valence-corrected chi connectivity index (χ0v) is 4.41. The second-order valence-corrected chi connectivity index (χ2v) is 2.07. The first kappa shape index (κ1) is 4.47. The second kappa shape index (κ2) is 1.85. The first-order chi connectivity index (χ1) is 2.89. The Hall–Kier alpha value is 0.310. The Kier molecular flexibility index (Phi) is 1.37. The maximum Gasteiger partial charge on any atom is 0.0505 e. The van der Waals surface area contributed by atoms with E-state index in [1.807, 2.05) is 0 Å². The van der Waals surface area contributed by atoms with Crippen molar-refractivity contribution in [1.29, 1.82) is 0 Å². The molecule has 1 nitrogen and oxygen atoms in total. The van der Waals surface area contributed by atoms with Crippen molar-refractivity contribution in [3.05, 3.63) is 6.42 Å². The molecule has 1 radical (unpaired) electrons. The van der Waals surface area contributed by atoms with E-state index in [4.69, 9.17) is 0 Å². The fraction of sp³-hybridized carbons (Fsp3) is 0.750. The van der Waals surface area contributed by atoms with Gasteiger partial charge in [0.25, 0.3) is 0 Å². The lowest BCUT2D eigenvalue weighted by Crippen LogP contribution is -2.13. The SMILES string of the molecule is SC1C[CH]CN1. The molecule has 1 aliphatic rings. The Morgan fingerprint density at radius 1 is 1.83 bits per heavy atom. The van der Waals surface area contributed by atoms with E-state index in [1.165, 1.54) is 0 Å². The molecule has 2 heteroatoms. The van der Waals surface area contributed by atoms with Crippen LogP contribution in [0.25, 0.3) is 0 Å². The average Bonchev–Trinajstić information content (AvgIpc) is 1.86. The maximum absolute atomic E-state index is 4.15. The van der Waals surface area contributed by atoms with Gasteiger partial charge in [-0.3, -0.25) is 0 Å². The third-order valence-corrected chi connectivity index (χ3v) is 1.28. The summed E-state index contributed by atoms with van der Waals surface area (Å²) in [6.45, 7) is 1.04. The lowest BCUT2D eigenvalue weighted by molar-refractivity contribution is 0.812. The van der Waals surface area contributed by atoms with Crippen LogP contribution >= 0.6 is 12.6 Å². The summed E-state index contributed by atoms with van der Waals surface area (Å²) in [4.78, 5) is 0. The van der Waals surface area contributed by atoms with E-state index in [0.717, 1.165) is 13.0 Å². The van der Waals surface area contributed by atoms with Crippen LogP contribution in [0.1, 0.15) is 6.42 Å². The van der Waals surface area contributed by atoms with Gasteiger partial charge in [-0.2, -0.15) is 12.6 Å². The van der Waals surface area contributed by atoms with Gasteiger partial charge >= 0.3 is 0 Å². The van der Waals surface area contributed by atoms with Gasteiger partial charge in [-0.05, 0) is 19.4 Å². The summed E-state index contributed by atoms with van der Waals surface area (Å²) in [6.07, 6.45) is 3.31. The Bertz CT molecular complexity index is 40.8. The summed E-state index contributed by atoms with van der Waals surface area (Å²) in [5, 5.41) is 3.56. The van der Waals surface area contributed by atoms with Gasteiger partial charge in [-0.1, -0.05) is 0 Å². The summed E-state index contributed by atoms with van der Waals surface area (Å²) < 4.78 is 0. The molecule has 1 N–H and O–H groups in total. The van der Waals surface area contributed by atoms with Crippen LogP contribution in [0.2, 0.25) is 0 Å². The van der Waals surface area contributed by atoms with E-state index in [2.05, 4.69) is 24.4 Å². The van der Waals surface area contributed by atoms with Crippen LogP contribution in [0.4, 0.5) is 0 Å². The van der Waals surface area contributed by atoms with E-state index in [1.54, 1.807) is 0 Å². The first-order valence-electron chi connectivity index (χ1n) is 2.13. The zero-order valence-electron chi connectivity index (χ0n) is 3.52. The molecular formula is C4H8NS. The predicted octanol–water partition coefficient (Wildman–Crippen LogP) is 0.440. The van der Waals surface area contributed by atoms with Gasteiger partial charge in [0.15, 0.2) is 0 Å². The molecule has 35 valence electrons. The topological polar surface area (TPSA) is 12.0 Å². The summed E-state index contributed by atoms with van der Waals surface area (Å²) in [5.74, 6) is 0. The highest BCUT2D eigenvalue weighted by atomic mass is 32.1. The first-order valence-corrected chi connectivity index (χ1v) is 2.64. The number of hydrogen-bond acceptors (Lipinski definition) is 2. The molecule has 1 atom stereocenters. The van der Waals surface area contributed by atoms with Crippen LogP contribution in [0, 0.1) is 6.42 Å². The predicted molar refractivity (Wildman–Crippen MR) is 29.7 cm³/mol. The van der Waals surface area contributed by atoms with Crippen molar-refractivity contribution in [2.24, 2.45) is 0 Å². The molecule has 1 fully saturated rings. The molecule has 1 rings (SSSR count). The Labute approximate surface area is 43.5 Å². The van der Waals surface area contributed by atoms with Gasteiger partial charge in [-0.15, -0.1) is 0 Å². The number of rotatable bonds is 0. The smallest absolute Gasteiger partial charge is 0.0505 e. The number of hydrogen-bond donors (Lipinski definition) is 2. The largest absolute Gasteiger partial charge is 0.305 e. The fourth-order valence-electron chi connectivity index (χ4n) is 0.544.